The van der Waals surface area contributed by atoms with E-state index in [0.29, 0.717) is 10.9 Å². The predicted molar refractivity (Wildman–Crippen MR) is 82.6 cm³/mol. The van der Waals surface area contributed by atoms with E-state index in [0.717, 1.165) is 5.56 Å². The number of hydrogen-bond acceptors (Lipinski definition) is 5. The van der Waals surface area contributed by atoms with E-state index in [1.165, 1.54) is 13.0 Å². The van der Waals surface area contributed by atoms with Gasteiger partial charge in [0.05, 0.1) is 17.4 Å². The fourth-order valence-corrected chi connectivity index (χ4v) is 2.38. The Balaban J connectivity index is 2.44. The number of aliphatic carboxylic acids is 1. The van der Waals surface area contributed by atoms with E-state index in [-0.39, 0.29) is 23.3 Å². The third-order valence-corrected chi connectivity index (χ3v) is 3.59. The minimum Gasteiger partial charge on any atom is -0.507 e. The molecule has 0 aliphatic heterocycles. The number of aromatic hydroxyl groups is 1. The fraction of sp³-hybridized carbons (Fsp3) is 0.312. The van der Waals surface area contributed by atoms with Gasteiger partial charge >= 0.3 is 11.6 Å². The highest BCUT2D eigenvalue weighted by molar-refractivity contribution is 5.90. The number of benzene rings is 1. The van der Waals surface area contributed by atoms with Gasteiger partial charge in [0, 0.05) is 0 Å². The van der Waals surface area contributed by atoms with Gasteiger partial charge < -0.3 is 19.9 Å². The fourth-order valence-electron chi connectivity index (χ4n) is 2.38. The van der Waals surface area contributed by atoms with Gasteiger partial charge in [-0.15, -0.1) is 0 Å². The summed E-state index contributed by atoms with van der Waals surface area (Å²) in [7, 11) is 0. The van der Waals surface area contributed by atoms with Crippen LogP contribution in [0.25, 0.3) is 11.0 Å². The van der Waals surface area contributed by atoms with Gasteiger partial charge in [-0.2, -0.15) is 0 Å². The molecular weight excluding hydrogens is 302 g/mol. The van der Waals surface area contributed by atoms with Gasteiger partial charge in [-0.1, -0.05) is 0 Å². The van der Waals surface area contributed by atoms with E-state index >= 15 is 0 Å². The highest BCUT2D eigenvalue weighted by Crippen LogP contribution is 2.29. The van der Waals surface area contributed by atoms with Gasteiger partial charge in [0.1, 0.15) is 17.4 Å². The summed E-state index contributed by atoms with van der Waals surface area (Å²) < 4.78 is 5.18. The summed E-state index contributed by atoms with van der Waals surface area (Å²) in [6, 6.07) is 2.09. The topological polar surface area (TPSA) is 117 Å². The molecule has 0 radical (unpaired) electrons. The number of phenolic OH excluding ortho intramolecular Hbond substituents is 1. The number of nitrogens with one attached hydrogen (secondary N) is 1. The summed E-state index contributed by atoms with van der Waals surface area (Å²) in [4.78, 5) is 34.7. The average molecular weight is 319 g/mol. The van der Waals surface area contributed by atoms with Gasteiger partial charge in [-0.3, -0.25) is 9.59 Å². The quantitative estimate of drug-likeness (QED) is 0.730. The zero-order valence-corrected chi connectivity index (χ0v) is 13.0. The maximum atomic E-state index is 12.1. The van der Waals surface area contributed by atoms with Gasteiger partial charge in [0.25, 0.3) is 0 Å². The molecule has 1 aromatic heterocycles. The Bertz CT molecular complexity index is 852. The lowest BCUT2D eigenvalue weighted by Gasteiger charge is -2.12. The molecule has 2 rings (SSSR count). The number of rotatable bonds is 4. The molecule has 7 heteroatoms. The second kappa shape index (κ2) is 6.12. The lowest BCUT2D eigenvalue weighted by molar-refractivity contribution is -0.141. The molecule has 0 saturated heterocycles. The van der Waals surface area contributed by atoms with Crippen molar-refractivity contribution in [2.75, 3.05) is 0 Å². The van der Waals surface area contributed by atoms with E-state index in [9.17, 15) is 19.5 Å². The molecule has 0 saturated carbocycles. The van der Waals surface area contributed by atoms with Crippen molar-refractivity contribution in [1.29, 1.82) is 0 Å². The van der Waals surface area contributed by atoms with Crippen LogP contribution in [0.5, 0.6) is 5.75 Å². The van der Waals surface area contributed by atoms with Crippen LogP contribution >= 0.6 is 0 Å². The molecule has 1 atom stereocenters. The van der Waals surface area contributed by atoms with E-state index < -0.39 is 23.5 Å². The van der Waals surface area contributed by atoms with E-state index in [2.05, 4.69) is 5.32 Å². The number of fused-ring (bicyclic) bond motifs is 1. The molecule has 0 aliphatic carbocycles. The number of carbonyl (C=O) groups is 2. The Morgan fingerprint density at radius 2 is 1.96 bits per heavy atom. The van der Waals surface area contributed by atoms with Crippen LogP contribution in [0.3, 0.4) is 0 Å². The standard InChI is InChI=1S/C16H17NO6/c1-7-4-11(18)14-8(2)10(16(22)23-12(14)5-7)6-13(19)17-9(3)15(20)21/h4-5,9,18H,6H2,1-3H3,(H,17,19)(H,20,21)/t9-/m0/s1. The number of aryl methyl sites for hydroxylation is 2. The van der Waals surface area contributed by atoms with Crippen molar-refractivity contribution in [3.8, 4) is 5.75 Å². The maximum Gasteiger partial charge on any atom is 0.340 e. The molecule has 122 valence electrons. The van der Waals surface area contributed by atoms with Crippen LogP contribution < -0.4 is 10.9 Å². The first kappa shape index (κ1) is 16.5. The van der Waals surface area contributed by atoms with Crippen LogP contribution in [0.15, 0.2) is 21.3 Å². The zero-order valence-electron chi connectivity index (χ0n) is 13.0. The minimum absolute atomic E-state index is 0.0400. The first-order valence-corrected chi connectivity index (χ1v) is 6.98. The largest absolute Gasteiger partial charge is 0.507 e. The maximum absolute atomic E-state index is 12.1. The van der Waals surface area contributed by atoms with Crippen molar-refractivity contribution in [3.05, 3.63) is 39.2 Å². The normalized spacial score (nSPS) is 12.1. The number of phenols is 1. The lowest BCUT2D eigenvalue weighted by Crippen LogP contribution is -2.39. The van der Waals surface area contributed by atoms with Crippen LogP contribution in [-0.4, -0.2) is 28.1 Å². The Morgan fingerprint density at radius 1 is 1.30 bits per heavy atom. The van der Waals surface area contributed by atoms with Crippen molar-refractivity contribution in [2.45, 2.75) is 33.2 Å². The van der Waals surface area contributed by atoms with E-state index in [4.69, 9.17) is 9.52 Å². The summed E-state index contributed by atoms with van der Waals surface area (Å²) >= 11 is 0. The molecular formula is C16H17NO6. The molecule has 1 aromatic carbocycles. The Hall–Kier alpha value is -2.83. The SMILES string of the molecule is Cc1cc(O)c2c(C)c(CC(=O)N[C@@H](C)C(=O)O)c(=O)oc2c1. The number of carboxylic acid groups (broad SMARTS) is 1. The first-order chi connectivity index (χ1) is 10.7. The molecule has 0 fully saturated rings. The summed E-state index contributed by atoms with van der Waals surface area (Å²) in [6.07, 6.45) is -0.324. The summed E-state index contributed by atoms with van der Waals surface area (Å²) in [5.41, 5.74) is 0.822. The van der Waals surface area contributed by atoms with Gasteiger partial charge in [-0.25, -0.2) is 4.79 Å². The summed E-state index contributed by atoms with van der Waals surface area (Å²) in [5.74, 6) is -1.82. The molecule has 2 aromatic rings. The zero-order chi connectivity index (χ0) is 17.3. The second-order valence-corrected chi connectivity index (χ2v) is 5.45. The number of carbonyl (C=O) groups excluding carboxylic acids is 1. The van der Waals surface area contributed by atoms with Gasteiger partial charge in [0.2, 0.25) is 5.91 Å². The molecule has 0 spiro atoms. The molecule has 7 nitrogen and oxygen atoms in total. The van der Waals surface area contributed by atoms with Crippen LogP contribution in [0.1, 0.15) is 23.6 Å². The molecule has 23 heavy (non-hydrogen) atoms. The van der Waals surface area contributed by atoms with Crippen LogP contribution in [0.2, 0.25) is 0 Å². The lowest BCUT2D eigenvalue weighted by atomic mass is 10.0. The number of amides is 1. The predicted octanol–water partition coefficient (Wildman–Crippen LogP) is 1.25. The van der Waals surface area contributed by atoms with Crippen molar-refractivity contribution < 1.29 is 24.2 Å². The van der Waals surface area contributed by atoms with Crippen molar-refractivity contribution >= 4 is 22.8 Å². The Labute approximate surface area is 131 Å². The van der Waals surface area contributed by atoms with Crippen molar-refractivity contribution in [2.24, 2.45) is 0 Å². The molecule has 0 bridgehead atoms. The average Bonchev–Trinajstić information content (AvgIpc) is 2.42. The van der Waals surface area contributed by atoms with Crippen molar-refractivity contribution in [3.63, 3.8) is 0 Å². The molecule has 3 N–H and O–H groups in total. The highest BCUT2D eigenvalue weighted by atomic mass is 16.4. The van der Waals surface area contributed by atoms with E-state index in [1.807, 2.05) is 0 Å². The molecule has 1 heterocycles. The first-order valence-electron chi connectivity index (χ1n) is 6.98. The highest BCUT2D eigenvalue weighted by Gasteiger charge is 2.19. The Kier molecular flexibility index (Phi) is 4.40. The van der Waals surface area contributed by atoms with Gasteiger partial charge in [0.15, 0.2) is 0 Å². The molecule has 1 amide bonds. The third-order valence-electron chi connectivity index (χ3n) is 3.59. The van der Waals surface area contributed by atoms with Crippen LogP contribution in [0.4, 0.5) is 0 Å². The minimum atomic E-state index is -1.17. The number of carboxylic acids is 1. The molecule has 0 aliphatic rings. The third kappa shape index (κ3) is 3.33. The summed E-state index contributed by atoms with van der Waals surface area (Å²) in [5, 5.41) is 21.5. The monoisotopic (exact) mass is 319 g/mol. The smallest absolute Gasteiger partial charge is 0.340 e. The second-order valence-electron chi connectivity index (χ2n) is 5.45. The van der Waals surface area contributed by atoms with Crippen LogP contribution in [0, 0.1) is 13.8 Å². The van der Waals surface area contributed by atoms with Gasteiger partial charge in [-0.05, 0) is 44.0 Å². The van der Waals surface area contributed by atoms with Crippen LogP contribution in [-0.2, 0) is 16.0 Å². The Morgan fingerprint density at radius 3 is 2.57 bits per heavy atom. The molecule has 0 unspecified atom stereocenters. The van der Waals surface area contributed by atoms with Crippen molar-refractivity contribution in [1.82, 2.24) is 5.32 Å². The summed E-state index contributed by atoms with van der Waals surface area (Å²) in [6.45, 7) is 4.69. The van der Waals surface area contributed by atoms with E-state index in [1.54, 1.807) is 19.9 Å². The number of hydrogen-bond donors (Lipinski definition) is 3.